The van der Waals surface area contributed by atoms with Crippen LogP contribution in [0.25, 0.3) is 0 Å². The van der Waals surface area contributed by atoms with E-state index in [0.29, 0.717) is 0 Å². The number of rotatable bonds is 1. The second-order valence-corrected chi connectivity index (χ2v) is 4.67. The molecule has 2 N–H and O–H groups in total. The quantitative estimate of drug-likeness (QED) is 0.687. The molecule has 2 aliphatic rings. The fourth-order valence-corrected chi connectivity index (χ4v) is 2.18. The molecule has 0 aromatic heterocycles. The number of allylic oxidation sites excluding steroid dienone is 2. The third kappa shape index (κ3) is 2.20. The summed E-state index contributed by atoms with van der Waals surface area (Å²) in [5, 5.41) is 19.2. The van der Waals surface area contributed by atoms with Gasteiger partial charge in [-0.3, -0.25) is 0 Å². The van der Waals surface area contributed by atoms with Gasteiger partial charge in [-0.2, -0.15) is 0 Å². The van der Waals surface area contributed by atoms with Crippen molar-refractivity contribution in [3.8, 4) is 0 Å². The molecule has 1 heterocycles. The summed E-state index contributed by atoms with van der Waals surface area (Å²) in [6.07, 6.45) is 5.69. The standard InChI is InChI=1S/C12H18O4/c1-12(2)15-10-8(7-13)5-3-4-6-9(14)11(10)16-12/h3-6,8-11,13-14H,7H2,1-2H3/b5-3-,6-4-/t8-,9-,10+,11-/m1/s1. The van der Waals surface area contributed by atoms with Crippen molar-refractivity contribution in [3.05, 3.63) is 24.3 Å². The van der Waals surface area contributed by atoms with Crippen molar-refractivity contribution in [2.75, 3.05) is 6.61 Å². The molecule has 4 atom stereocenters. The van der Waals surface area contributed by atoms with Crippen LogP contribution < -0.4 is 0 Å². The molecule has 2 rings (SSSR count). The lowest BCUT2D eigenvalue weighted by Crippen LogP contribution is -2.39. The molecular formula is C12H18O4. The van der Waals surface area contributed by atoms with Crippen LogP contribution in [0.3, 0.4) is 0 Å². The average molecular weight is 226 g/mol. The topological polar surface area (TPSA) is 58.9 Å². The number of aliphatic hydroxyl groups is 2. The lowest BCUT2D eigenvalue weighted by molar-refractivity contribution is -0.155. The first kappa shape index (κ1) is 11.8. The van der Waals surface area contributed by atoms with E-state index in [1.807, 2.05) is 26.0 Å². The molecule has 0 bridgehead atoms. The van der Waals surface area contributed by atoms with Crippen LogP contribution in [0.5, 0.6) is 0 Å². The van der Waals surface area contributed by atoms with Gasteiger partial charge >= 0.3 is 0 Å². The van der Waals surface area contributed by atoms with E-state index in [-0.39, 0.29) is 18.6 Å². The lowest BCUT2D eigenvalue weighted by Gasteiger charge is -2.25. The highest BCUT2D eigenvalue weighted by Crippen LogP contribution is 2.35. The zero-order valence-electron chi connectivity index (χ0n) is 9.54. The Morgan fingerprint density at radius 1 is 1.12 bits per heavy atom. The van der Waals surface area contributed by atoms with Gasteiger partial charge in [0.1, 0.15) is 12.2 Å². The smallest absolute Gasteiger partial charge is 0.163 e. The molecule has 4 nitrogen and oxygen atoms in total. The summed E-state index contributed by atoms with van der Waals surface area (Å²) >= 11 is 0. The number of aliphatic hydroxyl groups excluding tert-OH is 2. The first-order valence-electron chi connectivity index (χ1n) is 5.53. The van der Waals surface area contributed by atoms with Crippen LogP contribution in [-0.2, 0) is 9.47 Å². The molecule has 0 amide bonds. The maximum Gasteiger partial charge on any atom is 0.163 e. The first-order chi connectivity index (χ1) is 7.53. The second kappa shape index (κ2) is 4.30. The normalized spacial score (nSPS) is 45.5. The van der Waals surface area contributed by atoms with E-state index in [0.717, 1.165) is 0 Å². The highest BCUT2D eigenvalue weighted by Gasteiger charge is 2.47. The third-order valence-corrected chi connectivity index (χ3v) is 2.91. The Morgan fingerprint density at radius 2 is 1.75 bits per heavy atom. The largest absolute Gasteiger partial charge is 0.396 e. The molecule has 0 spiro atoms. The van der Waals surface area contributed by atoms with Gasteiger partial charge in [-0.15, -0.1) is 0 Å². The monoisotopic (exact) mass is 226 g/mol. The van der Waals surface area contributed by atoms with Gasteiger partial charge in [0.15, 0.2) is 5.79 Å². The fraction of sp³-hybridized carbons (Fsp3) is 0.667. The molecule has 0 unspecified atom stereocenters. The van der Waals surface area contributed by atoms with Crippen LogP contribution in [0.1, 0.15) is 13.8 Å². The van der Waals surface area contributed by atoms with Crippen LogP contribution >= 0.6 is 0 Å². The highest BCUT2D eigenvalue weighted by atomic mass is 16.8. The van der Waals surface area contributed by atoms with Gasteiger partial charge in [-0.1, -0.05) is 24.3 Å². The zero-order valence-corrected chi connectivity index (χ0v) is 9.54. The Bertz CT molecular complexity index is 308. The second-order valence-electron chi connectivity index (χ2n) is 4.67. The minimum absolute atomic E-state index is 0.0162. The molecule has 0 saturated carbocycles. The van der Waals surface area contributed by atoms with Crippen LogP contribution in [0, 0.1) is 5.92 Å². The van der Waals surface area contributed by atoms with Gasteiger partial charge in [-0.05, 0) is 13.8 Å². The molecule has 0 aromatic carbocycles. The summed E-state index contributed by atoms with van der Waals surface area (Å²) < 4.78 is 11.4. The van der Waals surface area contributed by atoms with E-state index in [2.05, 4.69) is 0 Å². The maximum absolute atomic E-state index is 9.92. The van der Waals surface area contributed by atoms with Gasteiger partial charge in [0.2, 0.25) is 0 Å². The zero-order chi connectivity index (χ0) is 11.8. The first-order valence-corrected chi connectivity index (χ1v) is 5.53. The molecule has 0 aromatic rings. The van der Waals surface area contributed by atoms with E-state index in [1.54, 1.807) is 12.2 Å². The summed E-state index contributed by atoms with van der Waals surface area (Å²) in [5.74, 6) is -0.859. The van der Waals surface area contributed by atoms with Gasteiger partial charge in [0.25, 0.3) is 0 Å². The van der Waals surface area contributed by atoms with Crippen LogP contribution in [0.4, 0.5) is 0 Å². The van der Waals surface area contributed by atoms with Crippen LogP contribution in [-0.4, -0.2) is 40.9 Å². The summed E-state index contributed by atoms with van der Waals surface area (Å²) in [4.78, 5) is 0. The van der Waals surface area contributed by atoms with E-state index in [4.69, 9.17) is 9.47 Å². The number of hydrogen-bond acceptors (Lipinski definition) is 4. The minimum Gasteiger partial charge on any atom is -0.396 e. The van der Waals surface area contributed by atoms with E-state index in [1.165, 1.54) is 0 Å². The number of fused-ring (bicyclic) bond motifs is 1. The summed E-state index contributed by atoms with van der Waals surface area (Å²) in [5.41, 5.74) is 0. The molecule has 1 aliphatic carbocycles. The van der Waals surface area contributed by atoms with Gasteiger partial charge < -0.3 is 19.7 Å². The van der Waals surface area contributed by atoms with E-state index >= 15 is 0 Å². The molecule has 16 heavy (non-hydrogen) atoms. The Hall–Kier alpha value is -0.680. The molecule has 0 radical (unpaired) electrons. The van der Waals surface area contributed by atoms with E-state index < -0.39 is 18.0 Å². The predicted molar refractivity (Wildman–Crippen MR) is 58.7 cm³/mol. The Labute approximate surface area is 95.2 Å². The van der Waals surface area contributed by atoms with Crippen LogP contribution in [0.2, 0.25) is 0 Å². The number of ether oxygens (including phenoxy) is 2. The summed E-state index contributed by atoms with van der Waals surface area (Å²) in [7, 11) is 0. The van der Waals surface area contributed by atoms with Crippen molar-refractivity contribution in [1.29, 1.82) is 0 Å². The van der Waals surface area contributed by atoms with Crippen molar-refractivity contribution in [2.24, 2.45) is 5.92 Å². The highest BCUT2D eigenvalue weighted by molar-refractivity contribution is 5.14. The van der Waals surface area contributed by atoms with Crippen molar-refractivity contribution < 1.29 is 19.7 Å². The molecule has 4 heteroatoms. The Balaban J connectivity index is 2.27. The van der Waals surface area contributed by atoms with Crippen molar-refractivity contribution in [3.63, 3.8) is 0 Å². The molecular weight excluding hydrogens is 208 g/mol. The van der Waals surface area contributed by atoms with Gasteiger partial charge in [0, 0.05) is 5.92 Å². The average Bonchev–Trinajstić information content (AvgIpc) is 2.52. The van der Waals surface area contributed by atoms with Gasteiger partial charge in [-0.25, -0.2) is 0 Å². The predicted octanol–water partition coefficient (Wildman–Crippen LogP) is 0.602. The van der Waals surface area contributed by atoms with Crippen molar-refractivity contribution >= 4 is 0 Å². The number of hydrogen-bond donors (Lipinski definition) is 2. The molecule has 1 aliphatic heterocycles. The minimum atomic E-state index is -0.713. The van der Waals surface area contributed by atoms with Gasteiger partial charge in [0.05, 0.1) is 12.7 Å². The van der Waals surface area contributed by atoms with E-state index in [9.17, 15) is 10.2 Å². The SMILES string of the molecule is CC1(C)O[C@@H]2[C@H](O1)[C@H](O)/C=C\C=C/[C@@H]2CO. The molecule has 90 valence electrons. The molecule has 1 saturated heterocycles. The summed E-state index contributed by atoms with van der Waals surface area (Å²) in [6, 6.07) is 0. The third-order valence-electron chi connectivity index (χ3n) is 2.91. The lowest BCUT2D eigenvalue weighted by atomic mass is 9.93. The van der Waals surface area contributed by atoms with Crippen molar-refractivity contribution in [1.82, 2.24) is 0 Å². The Morgan fingerprint density at radius 3 is 2.44 bits per heavy atom. The Kier molecular flexibility index (Phi) is 3.17. The van der Waals surface area contributed by atoms with Crippen molar-refractivity contribution in [2.45, 2.75) is 37.9 Å². The summed E-state index contributed by atoms with van der Waals surface area (Å²) in [6.45, 7) is 3.61. The van der Waals surface area contributed by atoms with Crippen LogP contribution in [0.15, 0.2) is 24.3 Å². The fourth-order valence-electron chi connectivity index (χ4n) is 2.18. The maximum atomic E-state index is 9.92. The molecule has 1 fully saturated rings.